The zero-order valence-electron chi connectivity index (χ0n) is 11.2. The Kier molecular flexibility index (Phi) is 3.62. The first-order valence-electron chi connectivity index (χ1n) is 7.16. The number of nitrogens with one attached hydrogen (secondary N) is 1. The molecular weight excluding hydrogens is 222 g/mol. The molecule has 18 heavy (non-hydrogen) atoms. The normalized spacial score (nSPS) is 27.6. The number of nitrogens with zero attached hydrogens (tertiary/aromatic N) is 2. The summed E-state index contributed by atoms with van der Waals surface area (Å²) < 4.78 is 0. The summed E-state index contributed by atoms with van der Waals surface area (Å²) in [4.78, 5) is 7.16. The van der Waals surface area contributed by atoms with E-state index in [1.807, 2.05) is 13.2 Å². The zero-order chi connectivity index (χ0) is 12.4. The van der Waals surface area contributed by atoms with E-state index in [1.165, 1.54) is 43.6 Å². The van der Waals surface area contributed by atoms with Gasteiger partial charge in [0.15, 0.2) is 0 Å². The molecule has 0 spiro atoms. The van der Waals surface area contributed by atoms with Gasteiger partial charge < -0.3 is 5.32 Å². The minimum atomic E-state index is 0.904. The van der Waals surface area contributed by atoms with Gasteiger partial charge in [-0.3, -0.25) is 9.88 Å². The average molecular weight is 245 g/mol. The molecule has 1 aliphatic heterocycles. The van der Waals surface area contributed by atoms with E-state index in [1.54, 1.807) is 0 Å². The van der Waals surface area contributed by atoms with Gasteiger partial charge in [-0.1, -0.05) is 12.5 Å². The highest BCUT2D eigenvalue weighted by molar-refractivity contribution is 5.14. The second-order valence-electron chi connectivity index (χ2n) is 5.83. The Morgan fingerprint density at radius 3 is 2.67 bits per heavy atom. The smallest absolute Gasteiger partial charge is 0.0544 e. The van der Waals surface area contributed by atoms with E-state index < -0.39 is 0 Å². The Labute approximate surface area is 110 Å². The van der Waals surface area contributed by atoms with Gasteiger partial charge in [0.25, 0.3) is 0 Å². The predicted octanol–water partition coefficient (Wildman–Crippen LogP) is 2.03. The summed E-state index contributed by atoms with van der Waals surface area (Å²) in [5.41, 5.74) is 2.48. The average Bonchev–Trinajstić information content (AvgIpc) is 2.92. The Balaban J connectivity index is 1.56. The maximum Gasteiger partial charge on any atom is 0.0544 e. The largest absolute Gasteiger partial charge is 0.316 e. The molecule has 2 fully saturated rings. The second-order valence-corrected chi connectivity index (χ2v) is 5.83. The number of fused-ring (bicyclic) bond motifs is 1. The molecule has 2 heterocycles. The summed E-state index contributed by atoms with van der Waals surface area (Å²) in [7, 11) is 1.97. The van der Waals surface area contributed by atoms with Gasteiger partial charge in [0, 0.05) is 32.4 Å². The van der Waals surface area contributed by atoms with Gasteiger partial charge in [0.2, 0.25) is 0 Å². The summed E-state index contributed by atoms with van der Waals surface area (Å²) in [6, 6.07) is 4.37. The predicted molar refractivity (Wildman–Crippen MR) is 73.1 cm³/mol. The van der Waals surface area contributed by atoms with Crippen LogP contribution in [0.25, 0.3) is 0 Å². The quantitative estimate of drug-likeness (QED) is 0.880. The van der Waals surface area contributed by atoms with Crippen LogP contribution in [-0.2, 0) is 13.1 Å². The lowest BCUT2D eigenvalue weighted by atomic mass is 10.0. The SMILES string of the molecule is CNCc1ccc(CN2CC3CCCC3C2)nc1. The standard InChI is InChI=1S/C15H23N3/c1-16-7-12-5-6-15(17-8-12)11-18-9-13-3-2-4-14(13)10-18/h5-6,8,13-14,16H,2-4,7,9-11H2,1H3. The molecule has 2 aliphatic rings. The fraction of sp³-hybridized carbons (Fsp3) is 0.667. The van der Waals surface area contributed by atoms with Crippen LogP contribution in [0.1, 0.15) is 30.5 Å². The second kappa shape index (κ2) is 5.37. The maximum absolute atomic E-state index is 4.57. The van der Waals surface area contributed by atoms with Crippen LogP contribution < -0.4 is 5.32 Å². The molecule has 1 aromatic heterocycles. The van der Waals surface area contributed by atoms with Crippen molar-refractivity contribution in [1.29, 1.82) is 0 Å². The summed E-state index contributed by atoms with van der Waals surface area (Å²) in [6.07, 6.45) is 6.37. The van der Waals surface area contributed by atoms with E-state index in [0.717, 1.165) is 24.9 Å². The molecule has 0 amide bonds. The molecule has 1 aromatic rings. The van der Waals surface area contributed by atoms with Gasteiger partial charge in [-0.25, -0.2) is 0 Å². The van der Waals surface area contributed by atoms with Crippen LogP contribution in [0.3, 0.4) is 0 Å². The number of hydrogen-bond donors (Lipinski definition) is 1. The van der Waals surface area contributed by atoms with Gasteiger partial charge in [0.1, 0.15) is 0 Å². The van der Waals surface area contributed by atoms with Gasteiger partial charge in [-0.15, -0.1) is 0 Å². The number of rotatable bonds is 4. The molecule has 0 aromatic carbocycles. The zero-order valence-corrected chi connectivity index (χ0v) is 11.2. The minimum Gasteiger partial charge on any atom is -0.316 e. The van der Waals surface area contributed by atoms with Gasteiger partial charge in [-0.2, -0.15) is 0 Å². The highest BCUT2D eigenvalue weighted by atomic mass is 15.2. The molecular formula is C15H23N3. The van der Waals surface area contributed by atoms with Crippen molar-refractivity contribution in [2.75, 3.05) is 20.1 Å². The topological polar surface area (TPSA) is 28.2 Å². The summed E-state index contributed by atoms with van der Waals surface area (Å²) in [5.74, 6) is 1.96. The molecule has 2 atom stereocenters. The molecule has 1 aliphatic carbocycles. The van der Waals surface area contributed by atoms with Gasteiger partial charge >= 0.3 is 0 Å². The van der Waals surface area contributed by atoms with Crippen LogP contribution in [0, 0.1) is 11.8 Å². The summed E-state index contributed by atoms with van der Waals surface area (Å²) >= 11 is 0. The molecule has 0 radical (unpaired) electrons. The van der Waals surface area contributed by atoms with Crippen molar-refractivity contribution >= 4 is 0 Å². The molecule has 2 unspecified atom stereocenters. The van der Waals surface area contributed by atoms with Crippen LogP contribution in [0.5, 0.6) is 0 Å². The Hall–Kier alpha value is -0.930. The van der Waals surface area contributed by atoms with E-state index >= 15 is 0 Å². The molecule has 3 nitrogen and oxygen atoms in total. The Morgan fingerprint density at radius 1 is 1.28 bits per heavy atom. The van der Waals surface area contributed by atoms with Crippen molar-refractivity contribution < 1.29 is 0 Å². The van der Waals surface area contributed by atoms with Crippen LogP contribution in [-0.4, -0.2) is 30.0 Å². The lowest BCUT2D eigenvalue weighted by molar-refractivity contribution is 0.300. The Morgan fingerprint density at radius 2 is 2.06 bits per heavy atom. The highest BCUT2D eigenvalue weighted by Crippen LogP contribution is 2.37. The first-order chi connectivity index (χ1) is 8.85. The summed E-state index contributed by atoms with van der Waals surface area (Å²) in [5, 5.41) is 3.15. The van der Waals surface area contributed by atoms with E-state index in [0.29, 0.717) is 0 Å². The molecule has 1 saturated carbocycles. The van der Waals surface area contributed by atoms with E-state index in [4.69, 9.17) is 0 Å². The molecule has 0 bridgehead atoms. The number of likely N-dealkylation sites (tertiary alicyclic amines) is 1. The van der Waals surface area contributed by atoms with Gasteiger partial charge in [0.05, 0.1) is 5.69 Å². The molecule has 1 N–H and O–H groups in total. The van der Waals surface area contributed by atoms with Crippen LogP contribution in [0.4, 0.5) is 0 Å². The molecule has 3 rings (SSSR count). The molecule has 1 saturated heterocycles. The van der Waals surface area contributed by atoms with Crippen molar-refractivity contribution in [2.45, 2.75) is 32.4 Å². The lowest BCUT2D eigenvalue weighted by Crippen LogP contribution is -2.21. The summed E-state index contributed by atoms with van der Waals surface area (Å²) in [6.45, 7) is 4.53. The number of aromatic nitrogens is 1. The fourth-order valence-corrected chi connectivity index (χ4v) is 3.55. The van der Waals surface area contributed by atoms with Crippen molar-refractivity contribution in [3.63, 3.8) is 0 Å². The van der Waals surface area contributed by atoms with Crippen LogP contribution in [0.15, 0.2) is 18.3 Å². The van der Waals surface area contributed by atoms with Crippen LogP contribution in [0.2, 0.25) is 0 Å². The number of pyridine rings is 1. The van der Waals surface area contributed by atoms with Gasteiger partial charge in [-0.05, 0) is 43.4 Å². The maximum atomic E-state index is 4.57. The van der Waals surface area contributed by atoms with Crippen molar-refractivity contribution in [3.8, 4) is 0 Å². The fourth-order valence-electron chi connectivity index (χ4n) is 3.55. The van der Waals surface area contributed by atoms with Crippen molar-refractivity contribution in [3.05, 3.63) is 29.6 Å². The van der Waals surface area contributed by atoms with Crippen molar-refractivity contribution in [2.24, 2.45) is 11.8 Å². The molecule has 98 valence electrons. The van der Waals surface area contributed by atoms with E-state index in [-0.39, 0.29) is 0 Å². The third kappa shape index (κ3) is 2.57. The van der Waals surface area contributed by atoms with E-state index in [9.17, 15) is 0 Å². The minimum absolute atomic E-state index is 0.904. The van der Waals surface area contributed by atoms with Crippen LogP contribution >= 0.6 is 0 Å². The monoisotopic (exact) mass is 245 g/mol. The van der Waals surface area contributed by atoms with E-state index in [2.05, 4.69) is 27.3 Å². The Bertz CT molecular complexity index is 375. The number of hydrogen-bond acceptors (Lipinski definition) is 3. The third-order valence-electron chi connectivity index (χ3n) is 4.45. The van der Waals surface area contributed by atoms with Crippen molar-refractivity contribution in [1.82, 2.24) is 15.2 Å². The highest BCUT2D eigenvalue weighted by Gasteiger charge is 2.35. The third-order valence-corrected chi connectivity index (χ3v) is 4.45. The first kappa shape index (κ1) is 12.1. The lowest BCUT2D eigenvalue weighted by Gasteiger charge is -2.16. The first-order valence-corrected chi connectivity index (χ1v) is 7.16. The molecule has 3 heteroatoms.